The number of benzene rings is 1. The Morgan fingerprint density at radius 3 is 2.40 bits per heavy atom. The van der Waals surface area contributed by atoms with Crippen LogP contribution in [0.2, 0.25) is 0 Å². The van der Waals surface area contributed by atoms with Crippen LogP contribution in [-0.2, 0) is 24.8 Å². The first kappa shape index (κ1) is 23.5. The topological polar surface area (TPSA) is 93.1 Å². The molecule has 7 atom stereocenters. The Kier molecular flexibility index (Phi) is 4.79. The molecule has 0 aromatic heterocycles. The second-order valence-corrected chi connectivity index (χ2v) is 12.2. The van der Waals surface area contributed by atoms with Crippen molar-refractivity contribution in [2.75, 3.05) is 0 Å². The van der Waals surface area contributed by atoms with Crippen LogP contribution in [0.4, 0.5) is 0 Å². The number of hydrogen-bond donors (Lipinski definition) is 2. The van der Waals surface area contributed by atoms with Crippen LogP contribution in [0, 0.1) is 28.6 Å². The molecule has 6 rings (SSSR count). The second kappa shape index (κ2) is 7.12. The minimum Gasteiger partial charge on any atom is -0.390 e. The zero-order valence-electron chi connectivity index (χ0n) is 21.0. The molecule has 188 valence electrons. The van der Waals surface area contributed by atoms with Gasteiger partial charge in [0, 0.05) is 16.4 Å². The highest BCUT2D eigenvalue weighted by molar-refractivity contribution is 5.93. The summed E-state index contributed by atoms with van der Waals surface area (Å²) in [6.07, 6.45) is 4.38. The molecule has 1 spiro atoms. The van der Waals surface area contributed by atoms with Gasteiger partial charge in [-0.15, -0.1) is 0 Å². The molecule has 1 heterocycles. The monoisotopic (exact) mass is 480 g/mol. The van der Waals surface area contributed by atoms with Crippen molar-refractivity contribution in [2.45, 2.75) is 89.5 Å². The van der Waals surface area contributed by atoms with Crippen LogP contribution >= 0.6 is 0 Å². The van der Waals surface area contributed by atoms with E-state index in [1.165, 1.54) is 6.92 Å². The summed E-state index contributed by atoms with van der Waals surface area (Å²) in [5.41, 5.74) is -0.869. The van der Waals surface area contributed by atoms with Crippen molar-refractivity contribution in [3.05, 3.63) is 47.5 Å². The van der Waals surface area contributed by atoms with Crippen molar-refractivity contribution in [2.24, 2.45) is 28.6 Å². The molecule has 0 unspecified atom stereocenters. The van der Waals surface area contributed by atoms with Crippen LogP contribution < -0.4 is 0 Å². The third-order valence-corrected chi connectivity index (χ3v) is 10.9. The van der Waals surface area contributed by atoms with Crippen molar-refractivity contribution in [3.63, 3.8) is 0 Å². The van der Waals surface area contributed by atoms with E-state index in [1.807, 2.05) is 50.3 Å². The van der Waals surface area contributed by atoms with Crippen LogP contribution in [0.1, 0.15) is 71.8 Å². The van der Waals surface area contributed by atoms with E-state index in [2.05, 4.69) is 6.92 Å². The number of carbonyl (C=O) groups is 2. The molecule has 1 saturated heterocycles. The molecule has 0 radical (unpaired) electrons. The Hall–Kier alpha value is -1.86. The first-order chi connectivity index (χ1) is 16.4. The molecule has 4 fully saturated rings. The van der Waals surface area contributed by atoms with Gasteiger partial charge < -0.3 is 19.7 Å². The Morgan fingerprint density at radius 1 is 1.06 bits per heavy atom. The predicted molar refractivity (Wildman–Crippen MR) is 128 cm³/mol. The number of hydrogen-bond acceptors (Lipinski definition) is 6. The molecule has 1 aliphatic heterocycles. The van der Waals surface area contributed by atoms with E-state index in [9.17, 15) is 19.8 Å². The Morgan fingerprint density at radius 2 is 1.74 bits per heavy atom. The Bertz CT molecular complexity index is 1120. The minimum atomic E-state index is -1.71. The number of aliphatic hydroxyl groups excluding tert-OH is 1. The Labute approximate surface area is 206 Å². The predicted octanol–water partition coefficient (Wildman–Crippen LogP) is 4.04. The molecule has 0 amide bonds. The van der Waals surface area contributed by atoms with E-state index in [4.69, 9.17) is 9.47 Å². The molecule has 6 nitrogen and oxygen atoms in total. The highest BCUT2D eigenvalue weighted by Crippen LogP contribution is 2.72. The largest absolute Gasteiger partial charge is 0.390 e. The van der Waals surface area contributed by atoms with Crippen molar-refractivity contribution >= 4 is 11.6 Å². The van der Waals surface area contributed by atoms with Crippen LogP contribution in [0.5, 0.6) is 0 Å². The van der Waals surface area contributed by atoms with E-state index in [0.29, 0.717) is 12.8 Å². The van der Waals surface area contributed by atoms with Crippen LogP contribution in [0.3, 0.4) is 0 Å². The SMILES string of the molecule is CC(=O)[C@@]1(O)[C@H](O)C[C@H]2[C@@H]3CCC4=CC(=O)CC5(OC(C)(c6ccccc6)O5)[C@]4(C)[C@H]3CC[C@@]21C. The number of carbonyl (C=O) groups excluding carboxylic acids is 2. The zero-order valence-corrected chi connectivity index (χ0v) is 21.0. The fourth-order valence-electron chi connectivity index (χ4n) is 9.07. The summed E-state index contributed by atoms with van der Waals surface area (Å²) < 4.78 is 13.5. The van der Waals surface area contributed by atoms with Gasteiger partial charge in [-0.25, -0.2) is 0 Å². The average molecular weight is 481 g/mol. The number of ketones is 2. The average Bonchev–Trinajstić information content (AvgIpc) is 3.01. The third kappa shape index (κ3) is 2.69. The Balaban J connectivity index is 1.39. The summed E-state index contributed by atoms with van der Waals surface area (Å²) in [5, 5.41) is 22.4. The summed E-state index contributed by atoms with van der Waals surface area (Å²) in [4.78, 5) is 25.5. The third-order valence-electron chi connectivity index (χ3n) is 10.9. The van der Waals surface area contributed by atoms with E-state index >= 15 is 0 Å². The summed E-state index contributed by atoms with van der Waals surface area (Å²) in [6.45, 7) is 7.49. The lowest BCUT2D eigenvalue weighted by atomic mass is 9.44. The molecule has 2 N–H and O–H groups in total. The van der Waals surface area contributed by atoms with Gasteiger partial charge in [-0.1, -0.05) is 49.8 Å². The van der Waals surface area contributed by atoms with Crippen molar-refractivity contribution in [1.82, 2.24) is 0 Å². The molecule has 4 aliphatic carbocycles. The molecule has 3 saturated carbocycles. The van der Waals surface area contributed by atoms with Gasteiger partial charge in [-0.2, -0.15) is 0 Å². The highest BCUT2D eigenvalue weighted by atomic mass is 16.9. The van der Waals surface area contributed by atoms with E-state index < -0.39 is 34.1 Å². The summed E-state index contributed by atoms with van der Waals surface area (Å²) in [5.74, 6) is -1.89. The molecule has 1 aromatic carbocycles. The molecule has 0 bridgehead atoms. The van der Waals surface area contributed by atoms with Crippen LogP contribution in [0.15, 0.2) is 42.0 Å². The normalized spacial score (nSPS) is 50.6. The lowest BCUT2D eigenvalue weighted by Crippen LogP contribution is -2.72. The summed E-state index contributed by atoms with van der Waals surface area (Å²) >= 11 is 0. The fraction of sp³-hybridized carbons (Fsp3) is 0.655. The van der Waals surface area contributed by atoms with Gasteiger partial charge >= 0.3 is 0 Å². The second-order valence-electron chi connectivity index (χ2n) is 12.2. The van der Waals surface area contributed by atoms with Gasteiger partial charge in [0.25, 0.3) is 0 Å². The minimum absolute atomic E-state index is 0.0128. The van der Waals surface area contributed by atoms with Gasteiger partial charge in [-0.05, 0) is 69.8 Å². The first-order valence-electron chi connectivity index (χ1n) is 13.0. The highest BCUT2D eigenvalue weighted by Gasteiger charge is 2.75. The standard InChI is InChI=1S/C29H36O6/c1-17(30)29(33)24(32)15-23-21-11-10-19-14-20(31)16-28(26(19,3)22(21)12-13-25(23,29)2)34-27(4,35-28)18-8-6-5-7-9-18/h5-9,14,21-24,32-33H,10-13,15-16H2,1-4H3/t21-,22+,23+,24-,25+,26+,27?,28?,29-/m1/s1. The fourth-order valence-corrected chi connectivity index (χ4v) is 9.07. The molecular weight excluding hydrogens is 444 g/mol. The number of rotatable bonds is 2. The maximum Gasteiger partial charge on any atom is 0.198 e. The van der Waals surface area contributed by atoms with Crippen molar-refractivity contribution in [3.8, 4) is 0 Å². The smallest absolute Gasteiger partial charge is 0.198 e. The lowest BCUT2D eigenvalue weighted by molar-refractivity contribution is -0.544. The van der Waals surface area contributed by atoms with Crippen molar-refractivity contribution in [1.29, 1.82) is 0 Å². The van der Waals surface area contributed by atoms with Gasteiger partial charge in [0.1, 0.15) is 0 Å². The number of fused-ring (bicyclic) bond motifs is 6. The number of ether oxygens (including phenoxy) is 2. The quantitative estimate of drug-likeness (QED) is 0.664. The number of aliphatic hydroxyl groups is 2. The van der Waals surface area contributed by atoms with Crippen molar-refractivity contribution < 1.29 is 29.3 Å². The van der Waals surface area contributed by atoms with Gasteiger partial charge in [0.15, 0.2) is 28.7 Å². The molecular formula is C29H36O6. The molecule has 5 aliphatic rings. The molecule has 6 heteroatoms. The summed E-state index contributed by atoms with van der Waals surface area (Å²) in [7, 11) is 0. The van der Waals surface area contributed by atoms with E-state index in [-0.39, 0.29) is 35.7 Å². The zero-order chi connectivity index (χ0) is 25.0. The van der Waals surface area contributed by atoms with Crippen LogP contribution in [-0.4, -0.2) is 39.3 Å². The number of Topliss-reactive ketones (excluding diaryl/α,β-unsaturated/α-hetero) is 1. The van der Waals surface area contributed by atoms with E-state index in [1.54, 1.807) is 0 Å². The van der Waals surface area contributed by atoms with Gasteiger partial charge in [-0.3, -0.25) is 9.59 Å². The lowest BCUT2D eigenvalue weighted by Gasteiger charge is -2.68. The van der Waals surface area contributed by atoms with Gasteiger partial charge in [0.05, 0.1) is 12.5 Å². The molecule has 1 aromatic rings. The maximum atomic E-state index is 12.9. The molecule has 35 heavy (non-hydrogen) atoms. The first-order valence-corrected chi connectivity index (χ1v) is 13.0. The summed E-state index contributed by atoms with van der Waals surface area (Å²) in [6, 6.07) is 9.83. The van der Waals surface area contributed by atoms with Crippen LogP contribution in [0.25, 0.3) is 0 Å². The maximum absolute atomic E-state index is 12.9. The van der Waals surface area contributed by atoms with Gasteiger partial charge in [0.2, 0.25) is 0 Å². The van der Waals surface area contributed by atoms with E-state index in [0.717, 1.165) is 30.4 Å².